The maximum Gasteiger partial charge on any atom is 0.119 e. The molecule has 90 valence electrons. The van der Waals surface area contributed by atoms with Gasteiger partial charge in [0.25, 0.3) is 0 Å². The van der Waals surface area contributed by atoms with Crippen molar-refractivity contribution in [2.24, 2.45) is 5.73 Å². The topological polar surface area (TPSA) is 35.2 Å². The fourth-order valence-corrected chi connectivity index (χ4v) is 1.66. The summed E-state index contributed by atoms with van der Waals surface area (Å²) in [5.74, 6) is 0.959. The Hall–Kier alpha value is -1.02. The van der Waals surface area contributed by atoms with Crippen molar-refractivity contribution in [1.82, 2.24) is 0 Å². The molecule has 0 aliphatic rings. The van der Waals surface area contributed by atoms with E-state index in [-0.39, 0.29) is 6.10 Å². The van der Waals surface area contributed by atoms with Gasteiger partial charge in [0.15, 0.2) is 0 Å². The lowest BCUT2D eigenvalue weighted by molar-refractivity contribution is 0.242. The summed E-state index contributed by atoms with van der Waals surface area (Å²) in [7, 11) is 0. The van der Waals surface area contributed by atoms with Crippen molar-refractivity contribution in [1.29, 1.82) is 0 Å². The molecule has 2 nitrogen and oxygen atoms in total. The van der Waals surface area contributed by atoms with Crippen LogP contribution in [0.5, 0.6) is 5.75 Å². The van der Waals surface area contributed by atoms with Crippen molar-refractivity contribution in [3.05, 3.63) is 29.8 Å². The van der Waals surface area contributed by atoms with E-state index in [4.69, 9.17) is 10.5 Å². The summed E-state index contributed by atoms with van der Waals surface area (Å²) >= 11 is 0. The zero-order chi connectivity index (χ0) is 11.8. The van der Waals surface area contributed by atoms with Gasteiger partial charge in [-0.3, -0.25) is 0 Å². The SMILES string of the molecule is CC(C)Oc1ccc(CCCCCN)cc1. The molecule has 2 heteroatoms. The highest BCUT2D eigenvalue weighted by Crippen LogP contribution is 2.15. The Labute approximate surface area is 98.8 Å². The Morgan fingerprint density at radius 1 is 1.06 bits per heavy atom. The van der Waals surface area contributed by atoms with Gasteiger partial charge < -0.3 is 10.5 Å². The van der Waals surface area contributed by atoms with Crippen molar-refractivity contribution in [2.75, 3.05) is 6.54 Å². The fraction of sp³-hybridized carbons (Fsp3) is 0.571. The van der Waals surface area contributed by atoms with E-state index in [2.05, 4.69) is 24.3 Å². The van der Waals surface area contributed by atoms with Gasteiger partial charge in [-0.2, -0.15) is 0 Å². The standard InChI is InChI=1S/C14H23NO/c1-12(2)16-14-9-7-13(8-10-14)6-4-3-5-11-15/h7-10,12H,3-6,11,15H2,1-2H3. The normalized spacial score (nSPS) is 10.8. The average Bonchev–Trinajstić information content (AvgIpc) is 2.26. The first-order chi connectivity index (χ1) is 7.72. The summed E-state index contributed by atoms with van der Waals surface area (Å²) in [5.41, 5.74) is 6.84. The number of rotatable bonds is 7. The largest absolute Gasteiger partial charge is 0.491 e. The fourth-order valence-electron chi connectivity index (χ4n) is 1.66. The van der Waals surface area contributed by atoms with Crippen LogP contribution in [-0.4, -0.2) is 12.6 Å². The van der Waals surface area contributed by atoms with Gasteiger partial charge in [0, 0.05) is 0 Å². The van der Waals surface area contributed by atoms with Crippen LogP contribution in [0.2, 0.25) is 0 Å². The third-order valence-electron chi connectivity index (χ3n) is 2.46. The molecule has 0 aromatic heterocycles. The van der Waals surface area contributed by atoms with E-state index in [1.54, 1.807) is 0 Å². The number of aryl methyl sites for hydroxylation is 1. The van der Waals surface area contributed by atoms with Crippen LogP contribution >= 0.6 is 0 Å². The van der Waals surface area contributed by atoms with Crippen molar-refractivity contribution < 1.29 is 4.74 Å². The maximum absolute atomic E-state index is 5.60. The second-order valence-corrected chi connectivity index (χ2v) is 4.41. The van der Waals surface area contributed by atoms with Crippen molar-refractivity contribution in [3.8, 4) is 5.75 Å². The Morgan fingerprint density at radius 2 is 1.75 bits per heavy atom. The molecule has 0 saturated heterocycles. The lowest BCUT2D eigenvalue weighted by Gasteiger charge is -2.10. The number of unbranched alkanes of at least 4 members (excludes halogenated alkanes) is 2. The molecule has 0 radical (unpaired) electrons. The molecule has 1 aromatic carbocycles. The Kier molecular flexibility index (Phi) is 5.94. The van der Waals surface area contributed by atoms with E-state index in [1.807, 2.05) is 13.8 Å². The monoisotopic (exact) mass is 221 g/mol. The molecule has 0 fully saturated rings. The summed E-state index contributed by atoms with van der Waals surface area (Å²) in [6.45, 7) is 4.89. The molecule has 0 spiro atoms. The lowest BCUT2D eigenvalue weighted by atomic mass is 10.1. The van der Waals surface area contributed by atoms with Crippen LogP contribution in [0.4, 0.5) is 0 Å². The van der Waals surface area contributed by atoms with E-state index in [9.17, 15) is 0 Å². The predicted octanol–water partition coefficient (Wildman–Crippen LogP) is 3.15. The van der Waals surface area contributed by atoms with Gasteiger partial charge in [0.05, 0.1) is 6.10 Å². The first-order valence-corrected chi connectivity index (χ1v) is 6.18. The Balaban J connectivity index is 2.33. The minimum Gasteiger partial charge on any atom is -0.491 e. The zero-order valence-electron chi connectivity index (χ0n) is 10.4. The van der Waals surface area contributed by atoms with Crippen molar-refractivity contribution in [2.45, 2.75) is 45.6 Å². The van der Waals surface area contributed by atoms with Crippen molar-refractivity contribution >= 4 is 0 Å². The van der Waals surface area contributed by atoms with E-state index >= 15 is 0 Å². The quantitative estimate of drug-likeness (QED) is 0.718. The molecular weight excluding hydrogens is 198 g/mol. The highest BCUT2D eigenvalue weighted by molar-refractivity contribution is 5.27. The molecule has 0 aliphatic carbocycles. The molecule has 0 aliphatic heterocycles. The summed E-state index contributed by atoms with van der Waals surface area (Å²) in [4.78, 5) is 0. The maximum atomic E-state index is 5.60. The molecule has 0 saturated carbocycles. The molecule has 2 N–H and O–H groups in total. The molecule has 0 unspecified atom stereocenters. The van der Waals surface area contributed by atoms with Gasteiger partial charge in [-0.25, -0.2) is 0 Å². The van der Waals surface area contributed by atoms with Gasteiger partial charge in [0.2, 0.25) is 0 Å². The van der Waals surface area contributed by atoms with E-state index in [0.29, 0.717) is 0 Å². The molecule has 0 heterocycles. The summed E-state index contributed by atoms with van der Waals surface area (Å²) in [5, 5.41) is 0. The molecule has 1 rings (SSSR count). The Bertz CT molecular complexity index is 279. The van der Waals surface area contributed by atoms with Crippen LogP contribution in [0.3, 0.4) is 0 Å². The molecule has 0 atom stereocenters. The molecule has 1 aromatic rings. The van der Waals surface area contributed by atoms with Crippen LogP contribution < -0.4 is 10.5 Å². The van der Waals surface area contributed by atoms with E-state index in [1.165, 1.54) is 18.4 Å². The van der Waals surface area contributed by atoms with Crippen LogP contribution in [0.25, 0.3) is 0 Å². The first kappa shape index (κ1) is 13.0. The van der Waals surface area contributed by atoms with E-state index < -0.39 is 0 Å². The van der Waals surface area contributed by atoms with Gasteiger partial charge in [-0.15, -0.1) is 0 Å². The number of nitrogens with two attached hydrogens (primary N) is 1. The second-order valence-electron chi connectivity index (χ2n) is 4.41. The summed E-state index contributed by atoms with van der Waals surface area (Å²) in [6.07, 6.45) is 4.97. The highest BCUT2D eigenvalue weighted by atomic mass is 16.5. The van der Waals surface area contributed by atoms with Gasteiger partial charge in [-0.1, -0.05) is 18.6 Å². The number of ether oxygens (including phenoxy) is 1. The number of hydrogen-bond acceptors (Lipinski definition) is 2. The number of hydrogen-bond donors (Lipinski definition) is 1. The Morgan fingerprint density at radius 3 is 2.31 bits per heavy atom. The molecule has 16 heavy (non-hydrogen) atoms. The third kappa shape index (κ3) is 5.17. The predicted molar refractivity (Wildman–Crippen MR) is 68.8 cm³/mol. The van der Waals surface area contributed by atoms with Crippen LogP contribution in [0.15, 0.2) is 24.3 Å². The van der Waals surface area contributed by atoms with Crippen LogP contribution in [0, 0.1) is 0 Å². The lowest BCUT2D eigenvalue weighted by Crippen LogP contribution is -2.05. The van der Waals surface area contributed by atoms with Gasteiger partial charge >= 0.3 is 0 Å². The van der Waals surface area contributed by atoms with Gasteiger partial charge in [-0.05, 0) is 57.4 Å². The zero-order valence-corrected chi connectivity index (χ0v) is 10.4. The summed E-state index contributed by atoms with van der Waals surface area (Å²) in [6, 6.07) is 8.41. The second kappa shape index (κ2) is 7.29. The van der Waals surface area contributed by atoms with Crippen LogP contribution in [0.1, 0.15) is 38.7 Å². The van der Waals surface area contributed by atoms with E-state index in [0.717, 1.165) is 25.1 Å². The third-order valence-corrected chi connectivity index (χ3v) is 2.46. The smallest absolute Gasteiger partial charge is 0.119 e. The van der Waals surface area contributed by atoms with Crippen molar-refractivity contribution in [3.63, 3.8) is 0 Å². The average molecular weight is 221 g/mol. The first-order valence-electron chi connectivity index (χ1n) is 6.18. The highest BCUT2D eigenvalue weighted by Gasteiger charge is 1.98. The molecular formula is C14H23NO. The number of benzene rings is 1. The molecule has 0 bridgehead atoms. The molecule has 0 amide bonds. The van der Waals surface area contributed by atoms with Gasteiger partial charge in [0.1, 0.15) is 5.75 Å². The minimum absolute atomic E-state index is 0.246. The van der Waals surface area contributed by atoms with Crippen LogP contribution in [-0.2, 0) is 6.42 Å². The summed E-state index contributed by atoms with van der Waals surface area (Å²) < 4.78 is 5.60. The minimum atomic E-state index is 0.246.